The van der Waals surface area contributed by atoms with Crippen LogP contribution in [0.1, 0.15) is 71.8 Å². The first kappa shape index (κ1) is 20.5. The minimum absolute atomic E-state index is 0.0117. The molecule has 4 fully saturated rings. The summed E-state index contributed by atoms with van der Waals surface area (Å²) in [4.78, 5) is 25.7. The molecule has 172 valence electrons. The smallest absolute Gasteiger partial charge is 0.330 e. The van der Waals surface area contributed by atoms with Gasteiger partial charge in [0, 0.05) is 23.3 Å². The van der Waals surface area contributed by atoms with Crippen LogP contribution >= 0.6 is 0 Å². The van der Waals surface area contributed by atoms with Gasteiger partial charge in [0.1, 0.15) is 16.8 Å². The number of rotatable bonds is 1. The van der Waals surface area contributed by atoms with Crippen LogP contribution in [-0.2, 0) is 23.8 Å². The zero-order chi connectivity index (χ0) is 22.7. The van der Waals surface area contributed by atoms with Crippen molar-refractivity contribution in [2.45, 2.75) is 89.1 Å². The average molecular weight is 441 g/mol. The monoisotopic (exact) mass is 440 g/mol. The van der Waals surface area contributed by atoms with Crippen LogP contribution in [0.4, 0.5) is 0 Å². The number of fused-ring (bicyclic) bond motifs is 3. The van der Waals surface area contributed by atoms with Gasteiger partial charge in [-0.3, -0.25) is 4.79 Å². The molecule has 4 heterocycles. The number of esters is 2. The van der Waals surface area contributed by atoms with E-state index in [1.54, 1.807) is 12.3 Å². The van der Waals surface area contributed by atoms with Gasteiger partial charge in [0.05, 0.1) is 25.1 Å². The van der Waals surface area contributed by atoms with E-state index in [1.165, 1.54) is 5.56 Å². The number of cyclic esters (lactones) is 1. The van der Waals surface area contributed by atoms with Crippen molar-refractivity contribution in [2.24, 2.45) is 22.7 Å². The topological polar surface area (TPSA) is 78.3 Å². The molecule has 0 N–H and O–H groups in total. The number of carbonyl (C=O) groups excluding carboxylic acids is 2. The fourth-order valence-electron chi connectivity index (χ4n) is 8.76. The summed E-state index contributed by atoms with van der Waals surface area (Å²) < 4.78 is 24.2. The van der Waals surface area contributed by atoms with Crippen LogP contribution in [0.3, 0.4) is 0 Å². The molecule has 2 saturated heterocycles. The van der Waals surface area contributed by atoms with Crippen molar-refractivity contribution in [2.75, 3.05) is 0 Å². The van der Waals surface area contributed by atoms with E-state index >= 15 is 0 Å². The number of furan rings is 1. The normalized spacial score (nSPS) is 50.7. The van der Waals surface area contributed by atoms with Crippen molar-refractivity contribution >= 4 is 11.9 Å². The Morgan fingerprint density at radius 2 is 1.81 bits per heavy atom. The lowest BCUT2D eigenvalue weighted by Crippen LogP contribution is -2.65. The van der Waals surface area contributed by atoms with Crippen molar-refractivity contribution in [1.82, 2.24) is 0 Å². The van der Waals surface area contributed by atoms with Gasteiger partial charge < -0.3 is 18.6 Å². The number of allylic oxidation sites excluding steroid dienone is 1. The first-order valence-corrected chi connectivity index (χ1v) is 11.8. The fraction of sp³-hybridized carbons (Fsp3) is 0.692. The molecule has 1 aromatic rings. The molecule has 32 heavy (non-hydrogen) atoms. The van der Waals surface area contributed by atoms with Gasteiger partial charge >= 0.3 is 11.9 Å². The third-order valence-electron chi connectivity index (χ3n) is 10.1. The van der Waals surface area contributed by atoms with E-state index in [-0.39, 0.29) is 41.7 Å². The van der Waals surface area contributed by atoms with Gasteiger partial charge in [0.15, 0.2) is 0 Å². The van der Waals surface area contributed by atoms with Crippen LogP contribution in [0.15, 0.2) is 35.2 Å². The van der Waals surface area contributed by atoms with E-state index in [0.29, 0.717) is 5.92 Å². The Morgan fingerprint density at radius 1 is 1.03 bits per heavy atom. The summed E-state index contributed by atoms with van der Waals surface area (Å²) in [6.07, 6.45) is 10.1. The van der Waals surface area contributed by atoms with Gasteiger partial charge in [-0.15, -0.1) is 0 Å². The molecule has 0 radical (unpaired) electrons. The van der Waals surface area contributed by atoms with Crippen LogP contribution in [0, 0.1) is 22.7 Å². The summed E-state index contributed by atoms with van der Waals surface area (Å²) in [6.45, 7) is 10.4. The molecule has 1 spiro atoms. The van der Waals surface area contributed by atoms with Gasteiger partial charge in [0.25, 0.3) is 0 Å². The Bertz CT molecular complexity index is 1030. The molecule has 6 nitrogen and oxygen atoms in total. The van der Waals surface area contributed by atoms with E-state index in [4.69, 9.17) is 18.6 Å². The molecule has 0 bridgehead atoms. The Kier molecular flexibility index (Phi) is 3.77. The highest BCUT2D eigenvalue weighted by molar-refractivity contribution is 5.83. The van der Waals surface area contributed by atoms with Crippen molar-refractivity contribution in [3.63, 3.8) is 0 Å². The molecule has 0 aromatic carbocycles. The van der Waals surface area contributed by atoms with Crippen LogP contribution < -0.4 is 0 Å². The number of hydrogen-bond acceptors (Lipinski definition) is 6. The molecular formula is C26H32O6. The highest BCUT2D eigenvalue weighted by atomic mass is 16.7. The lowest BCUT2D eigenvalue weighted by molar-refractivity contribution is -0.204. The quantitative estimate of drug-likeness (QED) is 0.471. The number of carbonyl (C=O) groups is 2. The molecule has 2 saturated carbocycles. The molecule has 6 rings (SSSR count). The molecule has 0 amide bonds. The second kappa shape index (κ2) is 5.88. The lowest BCUT2D eigenvalue weighted by atomic mass is 9.47. The summed E-state index contributed by atoms with van der Waals surface area (Å²) in [7, 11) is 0. The van der Waals surface area contributed by atoms with Gasteiger partial charge in [-0.05, 0) is 63.0 Å². The summed E-state index contributed by atoms with van der Waals surface area (Å²) >= 11 is 0. The molecular weight excluding hydrogens is 408 g/mol. The largest absolute Gasteiger partial charge is 0.472 e. The minimum atomic E-state index is -0.794. The minimum Gasteiger partial charge on any atom is -0.472 e. The molecule has 1 aromatic heterocycles. The number of ether oxygens (including phenoxy) is 3. The predicted molar refractivity (Wildman–Crippen MR) is 115 cm³/mol. The van der Waals surface area contributed by atoms with Gasteiger partial charge in [-0.1, -0.05) is 19.9 Å². The Labute approximate surface area is 188 Å². The Balaban J connectivity index is 1.50. The Morgan fingerprint density at radius 3 is 2.53 bits per heavy atom. The van der Waals surface area contributed by atoms with Gasteiger partial charge in [-0.2, -0.15) is 0 Å². The van der Waals surface area contributed by atoms with Gasteiger partial charge in [0.2, 0.25) is 0 Å². The number of hydrogen-bond donors (Lipinski definition) is 0. The Hall–Kier alpha value is -2.08. The van der Waals surface area contributed by atoms with Crippen molar-refractivity contribution in [1.29, 1.82) is 0 Å². The first-order valence-electron chi connectivity index (χ1n) is 11.8. The average Bonchev–Trinajstić information content (AvgIpc) is 3.13. The maximum absolute atomic E-state index is 13.3. The SMILES string of the molecule is CC1(C)OC(=O)C=C[C@]2(C)[C@H]3CC[C@@]4(C)[C@H](c5ccoc5)C[C@H]5O[C@]54[C@]3(C)OC(=O)C[C@@H]12. The van der Waals surface area contributed by atoms with Crippen LogP contribution in [0.5, 0.6) is 0 Å². The molecule has 8 atom stereocenters. The fourth-order valence-corrected chi connectivity index (χ4v) is 8.76. The van der Waals surface area contributed by atoms with Crippen LogP contribution in [0.2, 0.25) is 0 Å². The molecule has 2 aliphatic carbocycles. The molecule has 3 aliphatic heterocycles. The zero-order valence-electron chi connectivity index (χ0n) is 19.5. The molecule has 5 aliphatic rings. The second-order valence-electron chi connectivity index (χ2n) is 11.8. The van der Waals surface area contributed by atoms with Crippen LogP contribution in [-0.4, -0.2) is 34.8 Å². The second-order valence-corrected chi connectivity index (χ2v) is 11.8. The van der Waals surface area contributed by atoms with E-state index < -0.39 is 22.2 Å². The van der Waals surface area contributed by atoms with E-state index in [1.807, 2.05) is 26.2 Å². The summed E-state index contributed by atoms with van der Waals surface area (Å²) in [5, 5.41) is 0. The third-order valence-corrected chi connectivity index (χ3v) is 10.1. The predicted octanol–water partition coefficient (Wildman–Crippen LogP) is 4.54. The maximum atomic E-state index is 13.3. The van der Waals surface area contributed by atoms with E-state index in [0.717, 1.165) is 19.3 Å². The van der Waals surface area contributed by atoms with E-state index in [2.05, 4.69) is 26.8 Å². The summed E-state index contributed by atoms with van der Waals surface area (Å²) in [6, 6.07) is 2.05. The standard InChI is InChI=1S/C26H32O6/c1-22(2)18-13-21(28)32-25(5)17(23(18,3)9-7-20(27)31-22)6-10-24(4)16(15-8-11-29-14-15)12-19-26(24,25)30-19/h7-9,11,14,16-19H,6,10,12-13H2,1-5H3/t16-,17+,18-,19+,23+,24-,25+,26+/m0/s1. The third kappa shape index (κ3) is 2.20. The van der Waals surface area contributed by atoms with Gasteiger partial charge in [-0.25, -0.2) is 4.79 Å². The van der Waals surface area contributed by atoms with E-state index in [9.17, 15) is 9.59 Å². The van der Waals surface area contributed by atoms with Crippen molar-refractivity contribution < 1.29 is 28.2 Å². The zero-order valence-corrected chi connectivity index (χ0v) is 19.5. The van der Waals surface area contributed by atoms with Crippen LogP contribution in [0.25, 0.3) is 0 Å². The molecule has 6 heteroatoms. The molecule has 0 unspecified atom stereocenters. The lowest BCUT2D eigenvalue weighted by Gasteiger charge is -2.58. The first-order chi connectivity index (χ1) is 15.0. The maximum Gasteiger partial charge on any atom is 0.330 e. The van der Waals surface area contributed by atoms with Crippen molar-refractivity contribution in [3.8, 4) is 0 Å². The summed E-state index contributed by atoms with van der Waals surface area (Å²) in [5.74, 6) is -0.446. The van der Waals surface area contributed by atoms with Crippen molar-refractivity contribution in [3.05, 3.63) is 36.3 Å². The number of epoxide rings is 1. The summed E-state index contributed by atoms with van der Waals surface area (Å²) in [5.41, 5.74) is -1.53. The highest BCUT2D eigenvalue weighted by Gasteiger charge is 2.86. The highest BCUT2D eigenvalue weighted by Crippen LogP contribution is 2.78.